The molecule has 0 radical (unpaired) electrons. The van der Waals surface area contributed by atoms with Gasteiger partial charge in [0, 0.05) is 22.2 Å². The predicted octanol–water partition coefficient (Wildman–Crippen LogP) is 3.38. The lowest BCUT2D eigenvalue weighted by Gasteiger charge is -2.02. The summed E-state index contributed by atoms with van der Waals surface area (Å²) in [5, 5.41) is 4.73. The molecule has 0 spiro atoms. The largest absolute Gasteiger partial charge is 0.322 e. The molecule has 0 atom stereocenters. The van der Waals surface area contributed by atoms with E-state index >= 15 is 0 Å². The van der Waals surface area contributed by atoms with Crippen molar-refractivity contribution in [2.75, 3.05) is 5.32 Å². The Hall–Kier alpha value is -2.31. The predicted molar refractivity (Wildman–Crippen MR) is 76.4 cm³/mol. The minimum atomic E-state index is -0.169. The zero-order chi connectivity index (χ0) is 12.8. The second kappa shape index (κ2) is 5.85. The zero-order valence-corrected chi connectivity index (χ0v) is 10.4. The highest BCUT2D eigenvalue weighted by atomic mass is 32.1. The highest BCUT2D eigenvalue weighted by molar-refractivity contribution is 7.10. The van der Waals surface area contributed by atoms with Gasteiger partial charge in [-0.25, -0.2) is 0 Å². The van der Waals surface area contributed by atoms with Crippen LogP contribution >= 0.6 is 11.3 Å². The molecule has 0 aliphatic carbocycles. The Balaban J connectivity index is 2.01. The van der Waals surface area contributed by atoms with Crippen LogP contribution in [0.3, 0.4) is 0 Å². The maximum atomic E-state index is 11.7. The Morgan fingerprint density at radius 3 is 2.94 bits per heavy atom. The fraction of sp³-hybridized carbons (Fsp3) is 0. The number of hydrogen-bond donors (Lipinski definition) is 1. The van der Waals surface area contributed by atoms with E-state index in [1.54, 1.807) is 29.5 Å². The van der Waals surface area contributed by atoms with Gasteiger partial charge in [-0.1, -0.05) is 18.1 Å². The zero-order valence-electron chi connectivity index (χ0n) is 9.59. The van der Waals surface area contributed by atoms with Crippen molar-refractivity contribution in [3.05, 3.63) is 58.3 Å². The number of amides is 1. The van der Waals surface area contributed by atoms with Gasteiger partial charge in [0.15, 0.2) is 0 Å². The minimum absolute atomic E-state index is 0.169. The molecule has 0 fully saturated rings. The normalized spacial score (nSPS) is 10.2. The average molecular weight is 253 g/mol. The summed E-state index contributed by atoms with van der Waals surface area (Å²) in [5.41, 5.74) is 1.45. The Morgan fingerprint density at radius 1 is 1.33 bits per heavy atom. The first-order valence-electron chi connectivity index (χ1n) is 5.37. The summed E-state index contributed by atoms with van der Waals surface area (Å²) >= 11 is 1.58. The quantitative estimate of drug-likeness (QED) is 0.659. The molecule has 2 aromatic rings. The third kappa shape index (κ3) is 3.34. The first kappa shape index (κ1) is 12.2. The van der Waals surface area contributed by atoms with Crippen molar-refractivity contribution >= 4 is 29.0 Å². The van der Waals surface area contributed by atoms with Gasteiger partial charge in [0.05, 0.1) is 0 Å². The number of terminal acetylenes is 1. The van der Waals surface area contributed by atoms with Gasteiger partial charge in [-0.2, -0.15) is 0 Å². The number of carbonyl (C=O) groups excluding carboxylic acids is 1. The van der Waals surface area contributed by atoms with E-state index in [0.29, 0.717) is 5.69 Å². The maximum absolute atomic E-state index is 11.7. The lowest BCUT2D eigenvalue weighted by molar-refractivity contribution is -0.111. The summed E-state index contributed by atoms with van der Waals surface area (Å²) in [7, 11) is 0. The number of anilines is 1. The molecule has 0 saturated carbocycles. The van der Waals surface area contributed by atoms with E-state index < -0.39 is 0 Å². The summed E-state index contributed by atoms with van der Waals surface area (Å²) < 4.78 is 0. The second-order valence-electron chi connectivity index (χ2n) is 3.56. The fourth-order valence-corrected chi connectivity index (χ4v) is 2.03. The van der Waals surface area contributed by atoms with Gasteiger partial charge in [-0.3, -0.25) is 4.79 Å². The van der Waals surface area contributed by atoms with Crippen molar-refractivity contribution < 1.29 is 4.79 Å². The van der Waals surface area contributed by atoms with E-state index in [2.05, 4.69) is 11.2 Å². The van der Waals surface area contributed by atoms with Gasteiger partial charge in [-0.05, 0) is 35.7 Å². The molecule has 88 valence electrons. The summed E-state index contributed by atoms with van der Waals surface area (Å²) in [6.07, 6.45) is 8.59. The van der Waals surface area contributed by atoms with Crippen molar-refractivity contribution in [3.8, 4) is 12.3 Å². The van der Waals surface area contributed by atoms with Crippen molar-refractivity contribution in [2.45, 2.75) is 0 Å². The van der Waals surface area contributed by atoms with Crippen LogP contribution in [0.4, 0.5) is 5.69 Å². The summed E-state index contributed by atoms with van der Waals surface area (Å²) in [6.45, 7) is 0. The first-order valence-corrected chi connectivity index (χ1v) is 6.25. The number of thiophene rings is 1. The third-order valence-corrected chi connectivity index (χ3v) is 3.08. The Labute approximate surface area is 110 Å². The topological polar surface area (TPSA) is 29.1 Å². The lowest BCUT2D eigenvalue weighted by atomic mass is 10.2. The van der Waals surface area contributed by atoms with Crippen LogP contribution in [0.25, 0.3) is 6.08 Å². The molecular formula is C15H11NOS. The third-order valence-electron chi connectivity index (χ3n) is 2.24. The van der Waals surface area contributed by atoms with E-state index in [-0.39, 0.29) is 5.91 Å². The number of carbonyl (C=O) groups is 1. The van der Waals surface area contributed by atoms with Crippen LogP contribution in [-0.4, -0.2) is 5.91 Å². The Kier molecular flexibility index (Phi) is 3.95. The van der Waals surface area contributed by atoms with Crippen molar-refractivity contribution in [1.29, 1.82) is 0 Å². The van der Waals surface area contributed by atoms with Crippen LogP contribution in [0.2, 0.25) is 0 Å². The maximum Gasteiger partial charge on any atom is 0.248 e. The summed E-state index contributed by atoms with van der Waals surface area (Å²) in [5.74, 6) is 2.36. The molecule has 1 aromatic heterocycles. The molecule has 0 aliphatic heterocycles. The molecule has 2 nitrogen and oxygen atoms in total. The van der Waals surface area contributed by atoms with Crippen LogP contribution in [-0.2, 0) is 4.79 Å². The SMILES string of the molecule is C#Cc1cccc(NC(=O)/C=C\c2cccs2)c1. The number of rotatable bonds is 3. The molecule has 0 aliphatic rings. The highest BCUT2D eigenvalue weighted by Gasteiger charge is 1.98. The lowest BCUT2D eigenvalue weighted by Crippen LogP contribution is -2.07. The Morgan fingerprint density at radius 2 is 2.22 bits per heavy atom. The van der Waals surface area contributed by atoms with E-state index in [4.69, 9.17) is 6.42 Å². The van der Waals surface area contributed by atoms with Crippen LogP contribution in [0, 0.1) is 12.3 Å². The minimum Gasteiger partial charge on any atom is -0.322 e. The molecule has 18 heavy (non-hydrogen) atoms. The summed E-state index contributed by atoms with van der Waals surface area (Å²) in [4.78, 5) is 12.7. The molecule has 0 bridgehead atoms. The first-order chi connectivity index (χ1) is 8.78. The molecule has 0 saturated heterocycles. The molecular weight excluding hydrogens is 242 g/mol. The highest BCUT2D eigenvalue weighted by Crippen LogP contribution is 2.12. The van der Waals surface area contributed by atoms with Gasteiger partial charge >= 0.3 is 0 Å². The molecule has 1 heterocycles. The van der Waals surface area contributed by atoms with Crippen LogP contribution < -0.4 is 5.32 Å². The van der Waals surface area contributed by atoms with Crippen LogP contribution in [0.1, 0.15) is 10.4 Å². The van der Waals surface area contributed by atoms with Gasteiger partial charge < -0.3 is 5.32 Å². The van der Waals surface area contributed by atoms with E-state index in [1.165, 1.54) is 6.08 Å². The number of hydrogen-bond acceptors (Lipinski definition) is 2. The number of nitrogens with one attached hydrogen (secondary N) is 1. The summed E-state index contributed by atoms with van der Waals surface area (Å²) in [6, 6.07) is 11.1. The van der Waals surface area contributed by atoms with Crippen molar-refractivity contribution in [2.24, 2.45) is 0 Å². The van der Waals surface area contributed by atoms with Crippen molar-refractivity contribution in [1.82, 2.24) is 0 Å². The monoisotopic (exact) mass is 253 g/mol. The molecule has 3 heteroatoms. The van der Waals surface area contributed by atoms with Gasteiger partial charge in [0.2, 0.25) is 5.91 Å². The molecule has 0 unspecified atom stereocenters. The molecule has 1 aromatic carbocycles. The van der Waals surface area contributed by atoms with E-state index in [1.807, 2.05) is 29.6 Å². The van der Waals surface area contributed by atoms with E-state index in [0.717, 1.165) is 10.4 Å². The smallest absolute Gasteiger partial charge is 0.248 e. The average Bonchev–Trinajstić information content (AvgIpc) is 2.90. The number of benzene rings is 1. The van der Waals surface area contributed by atoms with Gasteiger partial charge in [-0.15, -0.1) is 17.8 Å². The molecule has 2 rings (SSSR count). The standard InChI is InChI=1S/C15H11NOS/c1-2-12-5-3-6-13(11-12)16-15(17)9-8-14-7-4-10-18-14/h1,3-11H,(H,16,17)/b9-8-. The molecule has 1 amide bonds. The van der Waals surface area contributed by atoms with E-state index in [9.17, 15) is 4.79 Å². The fourth-order valence-electron chi connectivity index (χ4n) is 1.41. The Bertz CT molecular complexity index is 606. The van der Waals surface area contributed by atoms with Gasteiger partial charge in [0.1, 0.15) is 0 Å². The van der Waals surface area contributed by atoms with Crippen LogP contribution in [0.15, 0.2) is 47.9 Å². The molecule has 1 N–H and O–H groups in total. The van der Waals surface area contributed by atoms with Crippen molar-refractivity contribution in [3.63, 3.8) is 0 Å². The van der Waals surface area contributed by atoms with Crippen LogP contribution in [0.5, 0.6) is 0 Å². The second-order valence-corrected chi connectivity index (χ2v) is 4.54. The van der Waals surface area contributed by atoms with Gasteiger partial charge in [0.25, 0.3) is 0 Å².